The third kappa shape index (κ3) is 6.65. The van der Waals surface area contributed by atoms with E-state index in [0.29, 0.717) is 15.1 Å². The Morgan fingerprint density at radius 3 is 2.52 bits per heavy atom. The first-order valence-electron chi connectivity index (χ1n) is 6.37. The van der Waals surface area contributed by atoms with Crippen LogP contribution in [0.3, 0.4) is 0 Å². The van der Waals surface area contributed by atoms with Crippen molar-refractivity contribution in [3.63, 3.8) is 0 Å². The second kappa shape index (κ2) is 7.45. The maximum absolute atomic E-state index is 11.5. The molecule has 0 aliphatic heterocycles. The van der Waals surface area contributed by atoms with E-state index in [0.717, 1.165) is 0 Å². The van der Waals surface area contributed by atoms with Crippen molar-refractivity contribution in [3.8, 4) is 0 Å². The van der Waals surface area contributed by atoms with Crippen molar-refractivity contribution in [3.05, 3.63) is 33.3 Å². The Kier molecular flexibility index (Phi) is 6.46. The molecule has 0 aliphatic carbocycles. The minimum absolute atomic E-state index is 0.139. The van der Waals surface area contributed by atoms with Crippen molar-refractivity contribution in [1.29, 1.82) is 0 Å². The summed E-state index contributed by atoms with van der Waals surface area (Å²) in [6.07, 6.45) is -3.00. The molecular formula is C14H19BrClNO4. The van der Waals surface area contributed by atoms with Gasteiger partial charge in [-0.2, -0.15) is 0 Å². The number of benzene rings is 1. The quantitative estimate of drug-likeness (QED) is 0.750. The van der Waals surface area contributed by atoms with Crippen LogP contribution in [0.15, 0.2) is 22.7 Å². The number of hydrogen-bond donors (Lipinski definition) is 3. The molecule has 0 radical (unpaired) electrons. The first kappa shape index (κ1) is 18.2. The molecule has 3 N–H and O–H groups in total. The number of carbonyl (C=O) groups excluding carboxylic acids is 1. The van der Waals surface area contributed by atoms with Gasteiger partial charge >= 0.3 is 6.09 Å². The molecule has 0 bridgehead atoms. The number of halogens is 2. The van der Waals surface area contributed by atoms with Crippen molar-refractivity contribution in [2.75, 3.05) is 6.54 Å². The van der Waals surface area contributed by atoms with E-state index in [2.05, 4.69) is 21.2 Å². The Morgan fingerprint density at radius 2 is 2.00 bits per heavy atom. The molecule has 1 aromatic rings. The molecule has 5 nitrogen and oxygen atoms in total. The van der Waals surface area contributed by atoms with Gasteiger partial charge in [0.1, 0.15) is 17.8 Å². The van der Waals surface area contributed by atoms with Gasteiger partial charge in [0.25, 0.3) is 0 Å². The van der Waals surface area contributed by atoms with Crippen molar-refractivity contribution in [1.82, 2.24) is 5.32 Å². The van der Waals surface area contributed by atoms with E-state index in [9.17, 15) is 15.0 Å². The molecule has 21 heavy (non-hydrogen) atoms. The molecule has 0 aliphatic rings. The van der Waals surface area contributed by atoms with Crippen LogP contribution >= 0.6 is 27.5 Å². The average Bonchev–Trinajstić information content (AvgIpc) is 2.31. The summed E-state index contributed by atoms with van der Waals surface area (Å²) in [6, 6.07) is 4.87. The van der Waals surface area contributed by atoms with Crippen LogP contribution in [0.25, 0.3) is 0 Å². The third-order valence-corrected chi connectivity index (χ3v) is 3.12. The van der Waals surface area contributed by atoms with Gasteiger partial charge in [0.2, 0.25) is 0 Å². The Morgan fingerprint density at radius 1 is 1.38 bits per heavy atom. The van der Waals surface area contributed by atoms with E-state index >= 15 is 0 Å². The van der Waals surface area contributed by atoms with E-state index in [4.69, 9.17) is 16.3 Å². The molecule has 1 aromatic carbocycles. The summed E-state index contributed by atoms with van der Waals surface area (Å²) in [5.74, 6) is 0. The number of hydrogen-bond acceptors (Lipinski definition) is 4. The van der Waals surface area contributed by atoms with Crippen molar-refractivity contribution in [2.45, 2.75) is 38.6 Å². The second-order valence-electron chi connectivity index (χ2n) is 5.60. The molecule has 7 heteroatoms. The lowest BCUT2D eigenvalue weighted by Crippen LogP contribution is -2.38. The van der Waals surface area contributed by atoms with E-state index in [1.165, 1.54) is 0 Å². The summed E-state index contributed by atoms with van der Waals surface area (Å²) in [4.78, 5) is 11.5. The summed E-state index contributed by atoms with van der Waals surface area (Å²) < 4.78 is 5.73. The maximum atomic E-state index is 11.5. The molecule has 1 amide bonds. The summed E-state index contributed by atoms with van der Waals surface area (Å²) in [5, 5.41) is 22.8. The van der Waals surface area contributed by atoms with Gasteiger partial charge in [-0.05, 0) is 44.5 Å². The highest BCUT2D eigenvalue weighted by Crippen LogP contribution is 2.25. The van der Waals surface area contributed by atoms with Gasteiger partial charge < -0.3 is 20.3 Å². The lowest BCUT2D eigenvalue weighted by atomic mass is 10.0. The normalized spacial score (nSPS) is 14.4. The zero-order valence-electron chi connectivity index (χ0n) is 12.1. The first-order chi connectivity index (χ1) is 9.58. The van der Waals surface area contributed by atoms with Gasteiger partial charge in [0.05, 0.1) is 0 Å². The summed E-state index contributed by atoms with van der Waals surface area (Å²) in [6.45, 7) is 5.07. The molecule has 0 heterocycles. The number of alkyl carbamates (subject to hydrolysis) is 1. The minimum Gasteiger partial charge on any atom is -0.444 e. The topological polar surface area (TPSA) is 78.8 Å². The fourth-order valence-corrected chi connectivity index (χ4v) is 2.47. The van der Waals surface area contributed by atoms with Crippen LogP contribution in [-0.2, 0) is 4.74 Å². The van der Waals surface area contributed by atoms with Gasteiger partial charge in [-0.15, -0.1) is 0 Å². The predicted octanol–water partition coefficient (Wildman–Crippen LogP) is 3.02. The van der Waals surface area contributed by atoms with E-state index in [1.54, 1.807) is 39.0 Å². The molecule has 0 spiro atoms. The molecule has 0 fully saturated rings. The van der Waals surface area contributed by atoms with Gasteiger partial charge in [-0.3, -0.25) is 0 Å². The van der Waals surface area contributed by atoms with Crippen LogP contribution in [0.5, 0.6) is 0 Å². The molecule has 0 aromatic heterocycles. The smallest absolute Gasteiger partial charge is 0.407 e. The number of aliphatic hydroxyl groups excluding tert-OH is 2. The lowest BCUT2D eigenvalue weighted by molar-refractivity contribution is 0.0129. The zero-order chi connectivity index (χ0) is 16.2. The van der Waals surface area contributed by atoms with Crippen molar-refractivity contribution < 1.29 is 19.7 Å². The van der Waals surface area contributed by atoms with Crippen LogP contribution in [0.2, 0.25) is 5.02 Å². The van der Waals surface area contributed by atoms with Gasteiger partial charge in [-0.25, -0.2) is 4.79 Å². The molecular weight excluding hydrogens is 362 g/mol. The van der Waals surface area contributed by atoms with Crippen LogP contribution in [0.1, 0.15) is 32.4 Å². The fraction of sp³-hybridized carbons (Fsp3) is 0.500. The predicted molar refractivity (Wildman–Crippen MR) is 84.4 cm³/mol. The molecule has 0 saturated carbocycles. The summed E-state index contributed by atoms with van der Waals surface area (Å²) >= 11 is 9.15. The highest BCUT2D eigenvalue weighted by molar-refractivity contribution is 9.10. The number of nitrogens with one attached hydrogen (secondary N) is 1. The second-order valence-corrected chi connectivity index (χ2v) is 6.95. The Balaban J connectivity index is 2.58. The van der Waals surface area contributed by atoms with E-state index < -0.39 is 23.9 Å². The largest absolute Gasteiger partial charge is 0.444 e. The van der Waals surface area contributed by atoms with Gasteiger partial charge in [0.15, 0.2) is 0 Å². The van der Waals surface area contributed by atoms with Gasteiger partial charge in [0, 0.05) is 16.0 Å². The van der Waals surface area contributed by atoms with Crippen LogP contribution in [0.4, 0.5) is 4.79 Å². The number of amides is 1. The zero-order valence-corrected chi connectivity index (χ0v) is 14.4. The van der Waals surface area contributed by atoms with Crippen LogP contribution < -0.4 is 5.32 Å². The average molecular weight is 381 g/mol. The fourth-order valence-electron chi connectivity index (χ4n) is 1.58. The number of rotatable bonds is 4. The standard InChI is InChI=1S/C14H19BrClNO4/c1-14(2,3)21-13(20)17-7-11(18)12(19)8-4-9(15)6-10(16)5-8/h4-6,11-12,18-19H,7H2,1-3H3,(H,17,20). The third-order valence-electron chi connectivity index (χ3n) is 2.45. The minimum atomic E-state index is -1.18. The van der Waals surface area contributed by atoms with Gasteiger partial charge in [-0.1, -0.05) is 27.5 Å². The number of aliphatic hydroxyl groups is 2. The first-order valence-corrected chi connectivity index (χ1v) is 7.54. The highest BCUT2D eigenvalue weighted by atomic mass is 79.9. The summed E-state index contributed by atoms with van der Waals surface area (Å²) in [7, 11) is 0. The molecule has 2 atom stereocenters. The maximum Gasteiger partial charge on any atom is 0.407 e. The Hall–Kier alpha value is -0.820. The highest BCUT2D eigenvalue weighted by Gasteiger charge is 2.22. The molecule has 0 saturated heterocycles. The lowest BCUT2D eigenvalue weighted by Gasteiger charge is -2.22. The Labute approximate surface area is 137 Å². The Bertz CT molecular complexity index is 484. The molecule has 118 valence electrons. The van der Waals surface area contributed by atoms with Crippen molar-refractivity contribution >= 4 is 33.6 Å². The monoisotopic (exact) mass is 379 g/mol. The van der Waals surface area contributed by atoms with Crippen LogP contribution in [0, 0.1) is 0 Å². The summed E-state index contributed by atoms with van der Waals surface area (Å²) in [5.41, 5.74) is -0.168. The van der Waals surface area contributed by atoms with E-state index in [-0.39, 0.29) is 6.54 Å². The number of ether oxygens (including phenoxy) is 1. The van der Waals surface area contributed by atoms with Crippen LogP contribution in [-0.4, -0.2) is 34.6 Å². The van der Waals surface area contributed by atoms with Crippen molar-refractivity contribution in [2.24, 2.45) is 0 Å². The number of carbonyl (C=O) groups is 1. The SMILES string of the molecule is CC(C)(C)OC(=O)NCC(O)C(O)c1cc(Cl)cc(Br)c1. The van der Waals surface area contributed by atoms with E-state index in [1.807, 2.05) is 0 Å². The molecule has 1 rings (SSSR count). The molecule has 2 unspecified atom stereocenters.